The van der Waals surface area contributed by atoms with Gasteiger partial charge in [-0.15, -0.1) is 0 Å². The van der Waals surface area contributed by atoms with Crippen molar-refractivity contribution in [2.75, 3.05) is 0 Å². The lowest BCUT2D eigenvalue weighted by Gasteiger charge is -1.83. The predicted molar refractivity (Wildman–Crippen MR) is 18.0 cm³/mol. The Morgan fingerprint density at radius 1 is 1.33 bits per heavy atom. The fourth-order valence-corrected chi connectivity index (χ4v) is 0.0731. The molecule has 0 aromatic heterocycles. The van der Waals surface area contributed by atoms with Gasteiger partial charge in [0.1, 0.15) is 5.04 Å². The normalized spacial score (nSPS) is 9.89. The van der Waals surface area contributed by atoms with E-state index in [4.69, 9.17) is 10.8 Å². The van der Waals surface area contributed by atoms with E-state index in [9.17, 15) is 0 Å². The topological polar surface area (TPSA) is 121 Å². The second-order valence-electron chi connectivity index (χ2n) is 0.565. The second-order valence-corrected chi connectivity index (χ2v) is 0.565. The van der Waals surface area contributed by atoms with Crippen LogP contribution in [0.1, 0.15) is 0 Å². The Morgan fingerprint density at radius 2 is 2.11 bits per heavy atom. The van der Waals surface area contributed by atoms with Crippen molar-refractivity contribution in [1.82, 2.24) is 0 Å². The van der Waals surface area contributed by atoms with Crippen molar-refractivity contribution in [2.45, 2.75) is 0 Å². The van der Waals surface area contributed by atoms with Crippen LogP contribution < -0.4 is 0 Å². The first-order chi connectivity index (χ1) is 4.41. The first kappa shape index (κ1) is 7.84. The molecule has 0 aliphatic carbocycles. The molecular weight excluding hydrogens is 136 g/mol. The Bertz CT molecular complexity index is 89.0. The Labute approximate surface area is 47.9 Å². The van der Waals surface area contributed by atoms with E-state index in [1.54, 1.807) is 0 Å². The summed E-state index contributed by atoms with van der Waals surface area (Å²) < 4.78 is 0. The molecule has 0 spiro atoms. The third-order valence-electron chi connectivity index (χ3n) is 0.207. The SMILES string of the molecule is N=N/N=N/OOOO[OH2+]. The van der Waals surface area contributed by atoms with Crippen molar-refractivity contribution < 1.29 is 25.4 Å². The van der Waals surface area contributed by atoms with E-state index in [2.05, 4.69) is 35.8 Å². The maximum Gasteiger partial charge on any atom is 0.104 e. The van der Waals surface area contributed by atoms with E-state index < -0.39 is 0 Å². The molecule has 0 aliphatic rings. The summed E-state index contributed by atoms with van der Waals surface area (Å²) in [4.78, 5) is 3.59. The summed E-state index contributed by atoms with van der Waals surface area (Å²) >= 11 is 0. The van der Waals surface area contributed by atoms with Crippen LogP contribution in [0, 0.1) is 5.53 Å². The molecular formula is H3N4O5+. The van der Waals surface area contributed by atoms with Gasteiger partial charge in [-0.3, -0.25) is 0 Å². The van der Waals surface area contributed by atoms with Crippen LogP contribution >= 0.6 is 0 Å². The molecule has 0 unspecified atom stereocenters. The Balaban J connectivity index is 2.90. The van der Waals surface area contributed by atoms with Gasteiger partial charge in [-0.05, 0) is 5.22 Å². The highest BCUT2D eigenvalue weighted by Crippen LogP contribution is 1.82. The molecule has 9 heteroatoms. The Kier molecular flexibility index (Phi) is 5.96. The molecule has 0 atom stereocenters. The summed E-state index contributed by atoms with van der Waals surface area (Å²) in [6.07, 6.45) is 0. The molecule has 0 aliphatic heterocycles. The van der Waals surface area contributed by atoms with E-state index in [1.165, 1.54) is 0 Å². The zero-order chi connectivity index (χ0) is 6.95. The van der Waals surface area contributed by atoms with Gasteiger partial charge in [0, 0.05) is 15.3 Å². The van der Waals surface area contributed by atoms with Gasteiger partial charge in [0.25, 0.3) is 0 Å². The third-order valence-corrected chi connectivity index (χ3v) is 0.207. The highest BCUT2D eigenvalue weighted by Gasteiger charge is 1.85. The molecule has 0 bridgehead atoms. The number of hydrogen-bond acceptors (Lipinski definition) is 6. The number of hydrogen-bond donors (Lipinski definition) is 1. The lowest BCUT2D eigenvalue weighted by Crippen LogP contribution is -1.89. The van der Waals surface area contributed by atoms with Crippen LogP contribution in [0.4, 0.5) is 0 Å². The highest BCUT2D eigenvalue weighted by molar-refractivity contribution is 3.82. The largest absolute Gasteiger partial charge is 0.228 e. The average molecular weight is 139 g/mol. The van der Waals surface area contributed by atoms with Crippen LogP contribution in [0.2, 0.25) is 0 Å². The van der Waals surface area contributed by atoms with Gasteiger partial charge in [0.05, 0.1) is 5.28 Å². The molecule has 0 rings (SSSR count). The van der Waals surface area contributed by atoms with Gasteiger partial charge in [0.2, 0.25) is 0 Å². The van der Waals surface area contributed by atoms with Crippen molar-refractivity contribution in [2.24, 2.45) is 15.7 Å². The van der Waals surface area contributed by atoms with Gasteiger partial charge in [-0.1, -0.05) is 0 Å². The minimum atomic E-state index is 2.39. The van der Waals surface area contributed by atoms with Crippen molar-refractivity contribution in [1.29, 1.82) is 5.53 Å². The highest BCUT2D eigenvalue weighted by atomic mass is 17.8. The van der Waals surface area contributed by atoms with Crippen molar-refractivity contribution in [3.8, 4) is 0 Å². The quantitative estimate of drug-likeness (QED) is 0.185. The van der Waals surface area contributed by atoms with Crippen LogP contribution in [0.3, 0.4) is 0 Å². The lowest BCUT2D eigenvalue weighted by molar-refractivity contribution is -0.704. The molecule has 9 nitrogen and oxygen atoms in total. The fourth-order valence-electron chi connectivity index (χ4n) is 0.0731. The second kappa shape index (κ2) is 6.84. The molecule has 52 valence electrons. The van der Waals surface area contributed by atoms with Crippen LogP contribution in [0.15, 0.2) is 15.7 Å². The third kappa shape index (κ3) is 6.84. The monoisotopic (exact) mass is 139 g/mol. The molecule has 0 fully saturated rings. The Morgan fingerprint density at radius 3 is 2.67 bits per heavy atom. The molecule has 0 heterocycles. The first-order valence-electron chi connectivity index (χ1n) is 1.51. The number of rotatable bonds is 5. The summed E-state index contributed by atoms with van der Waals surface area (Å²) in [6, 6.07) is 0. The minimum Gasteiger partial charge on any atom is -0.228 e. The summed E-state index contributed by atoms with van der Waals surface area (Å²) in [6.45, 7) is 0. The zero-order valence-corrected chi connectivity index (χ0v) is 3.97. The van der Waals surface area contributed by atoms with Gasteiger partial charge in [-0.25, -0.2) is 5.26 Å². The maximum atomic E-state index is 6.00. The molecule has 0 aromatic rings. The smallest absolute Gasteiger partial charge is 0.104 e. The molecule has 9 heavy (non-hydrogen) atoms. The Hall–Kier alpha value is -1.16. The molecule has 0 saturated heterocycles. The lowest BCUT2D eigenvalue weighted by atomic mass is 12.6. The van der Waals surface area contributed by atoms with Crippen molar-refractivity contribution in [3.05, 3.63) is 0 Å². The number of nitrogens with zero attached hydrogens (tertiary/aromatic N) is 3. The van der Waals surface area contributed by atoms with Gasteiger partial charge in [-0.2, -0.15) is 10.5 Å². The van der Waals surface area contributed by atoms with E-state index in [-0.39, 0.29) is 0 Å². The summed E-state index contributed by atoms with van der Waals surface area (Å²) in [5.41, 5.74) is 6.00. The van der Waals surface area contributed by atoms with Crippen LogP contribution in [0.25, 0.3) is 0 Å². The first-order valence-corrected chi connectivity index (χ1v) is 1.51. The molecule has 0 amide bonds. The van der Waals surface area contributed by atoms with E-state index in [0.29, 0.717) is 0 Å². The predicted octanol–water partition coefficient (Wildman–Crippen LogP) is -0.249. The maximum absolute atomic E-state index is 6.00. The minimum absolute atomic E-state index is 2.39. The van der Waals surface area contributed by atoms with Crippen molar-refractivity contribution >= 4 is 0 Å². The fraction of sp³-hybridized carbons (Fsp3) is 0. The van der Waals surface area contributed by atoms with E-state index in [1.807, 2.05) is 0 Å². The number of nitrogens with one attached hydrogen (secondary N) is 1. The van der Waals surface area contributed by atoms with Gasteiger partial charge in [0.15, 0.2) is 0 Å². The average Bonchev–Trinajstić information content (AvgIpc) is 1.89. The molecule has 0 saturated carbocycles. The van der Waals surface area contributed by atoms with Gasteiger partial charge >= 0.3 is 0 Å². The van der Waals surface area contributed by atoms with Crippen LogP contribution in [-0.4, -0.2) is 5.26 Å². The van der Waals surface area contributed by atoms with Crippen LogP contribution in [-0.2, 0) is 20.1 Å². The molecule has 3 N–H and O–H groups in total. The van der Waals surface area contributed by atoms with Crippen LogP contribution in [0.5, 0.6) is 0 Å². The molecule has 0 aromatic carbocycles. The summed E-state index contributed by atoms with van der Waals surface area (Å²) in [5.74, 6) is 0. The van der Waals surface area contributed by atoms with Crippen molar-refractivity contribution in [3.63, 3.8) is 0 Å². The summed E-state index contributed by atoms with van der Waals surface area (Å²) in [5, 5.41) is 23.4. The molecule has 0 radical (unpaired) electrons. The standard InChI is InChI=1S/H2N4O5/c1-2-3-4-6-8-9-7-5/h1,5H/p+1/b2-1?,4-3+. The van der Waals surface area contributed by atoms with Gasteiger partial charge < -0.3 is 0 Å². The van der Waals surface area contributed by atoms with E-state index in [0.717, 1.165) is 0 Å². The summed E-state index contributed by atoms with van der Waals surface area (Å²) in [7, 11) is 0. The zero-order valence-electron chi connectivity index (χ0n) is 3.97. The van der Waals surface area contributed by atoms with E-state index >= 15 is 0 Å².